The molecule has 2 aromatic heterocycles. The molecule has 0 radical (unpaired) electrons. The maximum absolute atomic E-state index is 13.7. The van der Waals surface area contributed by atoms with Crippen LogP contribution < -0.4 is 10.1 Å². The fourth-order valence-corrected chi connectivity index (χ4v) is 4.37. The number of furan rings is 1. The summed E-state index contributed by atoms with van der Waals surface area (Å²) in [7, 11) is 1.64. The highest BCUT2D eigenvalue weighted by atomic mass is 16.5. The molecule has 1 aromatic carbocycles. The van der Waals surface area contributed by atoms with Crippen LogP contribution in [-0.2, 0) is 4.74 Å². The van der Waals surface area contributed by atoms with Gasteiger partial charge in [0.1, 0.15) is 29.3 Å². The number of hydrogen-bond acceptors (Lipinski definition) is 6. The van der Waals surface area contributed by atoms with Gasteiger partial charge in [0.25, 0.3) is 5.91 Å². The molecule has 0 spiro atoms. The van der Waals surface area contributed by atoms with Crippen molar-refractivity contribution in [2.75, 3.05) is 33.4 Å². The molecule has 1 fully saturated rings. The Bertz CT molecular complexity index is 1070. The van der Waals surface area contributed by atoms with Crippen molar-refractivity contribution < 1.29 is 18.7 Å². The van der Waals surface area contributed by atoms with Gasteiger partial charge in [0, 0.05) is 42.6 Å². The van der Waals surface area contributed by atoms with Crippen LogP contribution in [0.1, 0.15) is 42.9 Å². The van der Waals surface area contributed by atoms with Crippen molar-refractivity contribution in [2.24, 2.45) is 0 Å². The lowest BCUT2D eigenvalue weighted by atomic mass is 10.0. The zero-order valence-corrected chi connectivity index (χ0v) is 18.7. The Morgan fingerprint density at radius 2 is 2.16 bits per heavy atom. The van der Waals surface area contributed by atoms with Gasteiger partial charge in [0.2, 0.25) is 0 Å². The summed E-state index contributed by atoms with van der Waals surface area (Å²) in [4.78, 5) is 20.4. The second-order valence-electron chi connectivity index (χ2n) is 8.39. The quantitative estimate of drug-likeness (QED) is 0.578. The molecule has 1 saturated heterocycles. The fraction of sp³-hybridized carbons (Fsp3) is 0.500. The zero-order chi connectivity index (χ0) is 22.0. The molecule has 0 bridgehead atoms. The number of pyridine rings is 1. The number of ether oxygens (including phenoxy) is 2. The highest BCUT2D eigenvalue weighted by Gasteiger charge is 2.30. The van der Waals surface area contributed by atoms with Gasteiger partial charge in [-0.15, -0.1) is 0 Å². The number of hydrogen-bond donors (Lipinski definition) is 1. The summed E-state index contributed by atoms with van der Waals surface area (Å²) in [5, 5.41) is 5.20. The van der Waals surface area contributed by atoms with Crippen LogP contribution in [0.5, 0.6) is 5.75 Å². The van der Waals surface area contributed by atoms with Gasteiger partial charge in [-0.3, -0.25) is 4.79 Å². The topological polar surface area (TPSA) is 76.8 Å². The monoisotopic (exact) mass is 425 g/mol. The standard InChI is InChI=1S/C24H31N3O4/c1-15(2)27(18-6-5-9-25-14-18)24(28)20-13-21(30-11-10-29-4)19-8-7-17-12-16(3)31-23(17)22(19)26-20/h7-8,12-13,15,18,25H,5-6,9-11,14H2,1-4H3. The summed E-state index contributed by atoms with van der Waals surface area (Å²) in [6.07, 6.45) is 2.05. The highest BCUT2D eigenvalue weighted by Crippen LogP contribution is 2.33. The average molecular weight is 426 g/mol. The maximum atomic E-state index is 13.7. The van der Waals surface area contributed by atoms with Crippen LogP contribution >= 0.6 is 0 Å². The van der Waals surface area contributed by atoms with Crippen LogP contribution in [0.15, 0.2) is 28.7 Å². The second-order valence-corrected chi connectivity index (χ2v) is 8.39. The third kappa shape index (κ3) is 4.38. The lowest BCUT2D eigenvalue weighted by molar-refractivity contribution is 0.0567. The molecule has 3 aromatic rings. The molecule has 31 heavy (non-hydrogen) atoms. The third-order valence-corrected chi connectivity index (χ3v) is 5.77. The summed E-state index contributed by atoms with van der Waals surface area (Å²) >= 11 is 0. The number of amides is 1. The number of carbonyl (C=O) groups is 1. The van der Waals surface area contributed by atoms with E-state index >= 15 is 0 Å². The van der Waals surface area contributed by atoms with Gasteiger partial charge in [-0.2, -0.15) is 0 Å². The number of carbonyl (C=O) groups excluding carboxylic acids is 1. The van der Waals surface area contributed by atoms with Gasteiger partial charge >= 0.3 is 0 Å². The zero-order valence-electron chi connectivity index (χ0n) is 18.7. The lowest BCUT2D eigenvalue weighted by Gasteiger charge is -2.37. The van der Waals surface area contributed by atoms with Crippen LogP contribution in [0.3, 0.4) is 0 Å². The molecule has 1 atom stereocenters. The Kier molecular flexibility index (Phi) is 6.43. The fourth-order valence-electron chi connectivity index (χ4n) is 4.37. The number of rotatable bonds is 7. The van der Waals surface area contributed by atoms with Crippen molar-refractivity contribution in [1.82, 2.24) is 15.2 Å². The van der Waals surface area contributed by atoms with Gasteiger partial charge in [-0.05, 0) is 52.3 Å². The van der Waals surface area contributed by atoms with E-state index in [4.69, 9.17) is 18.9 Å². The molecular formula is C24H31N3O4. The Labute approximate surface area is 182 Å². The Balaban J connectivity index is 1.81. The van der Waals surface area contributed by atoms with Gasteiger partial charge < -0.3 is 24.1 Å². The van der Waals surface area contributed by atoms with Crippen molar-refractivity contribution in [3.05, 3.63) is 35.7 Å². The van der Waals surface area contributed by atoms with Crippen LogP contribution in [-0.4, -0.2) is 61.3 Å². The van der Waals surface area contributed by atoms with Crippen LogP contribution in [0.25, 0.3) is 21.9 Å². The minimum absolute atomic E-state index is 0.0643. The number of piperidine rings is 1. The SMILES string of the molecule is COCCOc1cc(C(=O)N(C(C)C)C2CCCNC2)nc2c1ccc1cc(C)oc12. The van der Waals surface area contributed by atoms with E-state index in [1.165, 1.54) is 0 Å². The van der Waals surface area contributed by atoms with Crippen molar-refractivity contribution in [3.63, 3.8) is 0 Å². The van der Waals surface area contributed by atoms with Gasteiger partial charge in [-0.25, -0.2) is 4.98 Å². The largest absolute Gasteiger partial charge is 0.490 e. The van der Waals surface area contributed by atoms with Gasteiger partial charge in [0.05, 0.1) is 6.61 Å². The molecule has 0 aliphatic carbocycles. The van der Waals surface area contributed by atoms with Crippen molar-refractivity contribution in [2.45, 2.75) is 45.7 Å². The summed E-state index contributed by atoms with van der Waals surface area (Å²) < 4.78 is 17.1. The van der Waals surface area contributed by atoms with E-state index in [0.29, 0.717) is 35.8 Å². The Hall–Kier alpha value is -2.64. The lowest BCUT2D eigenvalue weighted by Crippen LogP contribution is -2.51. The normalized spacial score (nSPS) is 16.9. The predicted molar refractivity (Wildman–Crippen MR) is 121 cm³/mol. The van der Waals surface area contributed by atoms with E-state index in [2.05, 4.69) is 19.2 Å². The first-order chi connectivity index (χ1) is 15.0. The number of nitrogens with zero attached hydrogens (tertiary/aromatic N) is 2. The number of benzene rings is 1. The van der Waals surface area contributed by atoms with E-state index in [1.807, 2.05) is 30.0 Å². The summed E-state index contributed by atoms with van der Waals surface area (Å²) in [6, 6.07) is 7.92. The third-order valence-electron chi connectivity index (χ3n) is 5.77. The number of aromatic nitrogens is 1. The van der Waals surface area contributed by atoms with Crippen LogP contribution in [0.2, 0.25) is 0 Å². The van der Waals surface area contributed by atoms with Crippen molar-refractivity contribution in [3.8, 4) is 5.75 Å². The molecule has 1 N–H and O–H groups in total. The first-order valence-corrected chi connectivity index (χ1v) is 11.0. The molecule has 3 heterocycles. The average Bonchev–Trinajstić information content (AvgIpc) is 3.15. The smallest absolute Gasteiger partial charge is 0.273 e. The molecule has 7 nitrogen and oxygen atoms in total. The van der Waals surface area contributed by atoms with Gasteiger partial charge in [0.15, 0.2) is 5.58 Å². The highest BCUT2D eigenvalue weighted by molar-refractivity contribution is 6.06. The summed E-state index contributed by atoms with van der Waals surface area (Å²) in [6.45, 7) is 8.66. The van der Waals surface area contributed by atoms with Gasteiger partial charge in [-0.1, -0.05) is 6.07 Å². The maximum Gasteiger partial charge on any atom is 0.273 e. The second kappa shape index (κ2) is 9.24. The van der Waals surface area contributed by atoms with E-state index in [-0.39, 0.29) is 18.0 Å². The Morgan fingerprint density at radius 1 is 1.32 bits per heavy atom. The van der Waals surface area contributed by atoms with Crippen LogP contribution in [0.4, 0.5) is 0 Å². The first-order valence-electron chi connectivity index (χ1n) is 11.0. The number of aryl methyl sites for hydroxylation is 1. The Morgan fingerprint density at radius 3 is 2.87 bits per heavy atom. The molecule has 1 amide bonds. The molecule has 166 valence electrons. The number of fused-ring (bicyclic) bond motifs is 3. The van der Waals surface area contributed by atoms with E-state index < -0.39 is 0 Å². The molecular weight excluding hydrogens is 394 g/mol. The van der Waals surface area contributed by atoms with Crippen LogP contribution in [0, 0.1) is 6.92 Å². The molecule has 1 aliphatic heterocycles. The van der Waals surface area contributed by atoms with Crippen molar-refractivity contribution in [1.29, 1.82) is 0 Å². The molecule has 4 rings (SSSR count). The molecule has 0 saturated carbocycles. The summed E-state index contributed by atoms with van der Waals surface area (Å²) in [5.74, 6) is 1.34. The van der Waals surface area contributed by atoms with Crippen molar-refractivity contribution >= 4 is 27.8 Å². The number of methoxy groups -OCH3 is 1. The van der Waals surface area contributed by atoms with E-state index in [0.717, 1.165) is 42.5 Å². The minimum atomic E-state index is -0.0810. The first kappa shape index (κ1) is 21.6. The number of nitrogens with one attached hydrogen (secondary N) is 1. The molecule has 1 aliphatic rings. The minimum Gasteiger partial charge on any atom is -0.490 e. The van der Waals surface area contributed by atoms with E-state index in [1.54, 1.807) is 13.2 Å². The molecule has 1 unspecified atom stereocenters. The summed E-state index contributed by atoms with van der Waals surface area (Å²) in [5.41, 5.74) is 1.70. The van der Waals surface area contributed by atoms with E-state index in [9.17, 15) is 4.79 Å². The molecule has 7 heteroatoms. The predicted octanol–water partition coefficient (Wildman–Crippen LogP) is 3.92.